The van der Waals surface area contributed by atoms with Crippen molar-refractivity contribution in [3.8, 4) is 0 Å². The quantitative estimate of drug-likeness (QED) is 0.894. The number of aromatic nitrogens is 5. The molecule has 3 heterocycles. The van der Waals surface area contributed by atoms with Gasteiger partial charge in [0.1, 0.15) is 0 Å². The van der Waals surface area contributed by atoms with Gasteiger partial charge in [0.05, 0.1) is 19.4 Å². The van der Waals surface area contributed by atoms with Gasteiger partial charge in [-0.2, -0.15) is 4.52 Å². The number of morpholine rings is 1. The van der Waals surface area contributed by atoms with E-state index < -0.39 is 0 Å². The Kier molecular flexibility index (Phi) is 4.34. The van der Waals surface area contributed by atoms with Crippen LogP contribution in [-0.2, 0) is 4.74 Å². The summed E-state index contributed by atoms with van der Waals surface area (Å²) in [5.74, 6) is 1.41. The van der Waals surface area contributed by atoms with Gasteiger partial charge >= 0.3 is 0 Å². The molecule has 2 fully saturated rings. The van der Waals surface area contributed by atoms with Gasteiger partial charge in [-0.15, -0.1) is 5.10 Å². The third-order valence-electron chi connectivity index (χ3n) is 5.03. The first-order valence-electron chi connectivity index (χ1n) is 8.50. The van der Waals surface area contributed by atoms with Crippen LogP contribution in [0.5, 0.6) is 0 Å². The summed E-state index contributed by atoms with van der Waals surface area (Å²) >= 11 is 0. The fourth-order valence-electron chi connectivity index (χ4n) is 3.85. The van der Waals surface area contributed by atoms with Crippen LogP contribution in [0.2, 0.25) is 0 Å². The molecule has 0 aromatic carbocycles. The first kappa shape index (κ1) is 14.8. The van der Waals surface area contributed by atoms with Crippen LogP contribution in [0.4, 0.5) is 5.82 Å². The van der Waals surface area contributed by atoms with Gasteiger partial charge in [-0.3, -0.25) is 4.90 Å². The van der Waals surface area contributed by atoms with Crippen molar-refractivity contribution in [3.63, 3.8) is 0 Å². The van der Waals surface area contributed by atoms with Crippen LogP contribution in [0.25, 0.3) is 5.65 Å². The molecule has 124 valence electrons. The van der Waals surface area contributed by atoms with E-state index in [0.717, 1.165) is 38.7 Å². The number of nitrogens with zero attached hydrogens (tertiary/aromatic N) is 6. The molecule has 23 heavy (non-hydrogen) atoms. The summed E-state index contributed by atoms with van der Waals surface area (Å²) in [4.78, 5) is 7.01. The summed E-state index contributed by atoms with van der Waals surface area (Å²) < 4.78 is 7.15. The van der Waals surface area contributed by atoms with Crippen molar-refractivity contribution in [2.75, 3.05) is 38.2 Å². The van der Waals surface area contributed by atoms with Crippen molar-refractivity contribution in [1.29, 1.82) is 0 Å². The Hall–Kier alpha value is -1.80. The van der Waals surface area contributed by atoms with E-state index in [1.54, 1.807) is 16.9 Å². The first-order chi connectivity index (χ1) is 11.4. The second-order valence-corrected chi connectivity index (χ2v) is 6.36. The summed E-state index contributed by atoms with van der Waals surface area (Å²) in [5, 5.41) is 15.1. The molecule has 1 N–H and O–H groups in total. The molecule has 0 amide bonds. The molecule has 1 saturated carbocycles. The maximum absolute atomic E-state index is 5.50. The molecule has 1 aliphatic heterocycles. The molecule has 1 aliphatic carbocycles. The van der Waals surface area contributed by atoms with Crippen molar-refractivity contribution in [2.45, 2.75) is 31.7 Å². The number of fused-ring (bicyclic) bond motifs is 1. The van der Waals surface area contributed by atoms with Gasteiger partial charge < -0.3 is 10.1 Å². The molecular formula is C15H23N7O. The summed E-state index contributed by atoms with van der Waals surface area (Å²) in [6.45, 7) is 4.76. The van der Waals surface area contributed by atoms with E-state index in [0.29, 0.717) is 17.6 Å². The fraction of sp³-hybridized carbons (Fsp3) is 0.733. The van der Waals surface area contributed by atoms with Crippen molar-refractivity contribution >= 4 is 11.5 Å². The standard InChI is InChI=1S/C15H23N7O/c1-2-4-13(21-7-9-23-10-8-21)12(3-1)11-17-14-15-18-19-20-22(15)6-5-16-14/h5-6,12-13H,1-4,7-11H2,(H,16,17)/t12-,13-/m0/s1. The van der Waals surface area contributed by atoms with Crippen molar-refractivity contribution in [2.24, 2.45) is 5.92 Å². The van der Waals surface area contributed by atoms with Crippen LogP contribution in [-0.4, -0.2) is 68.8 Å². The Morgan fingerprint density at radius 1 is 1.22 bits per heavy atom. The van der Waals surface area contributed by atoms with Crippen LogP contribution in [0.15, 0.2) is 12.4 Å². The van der Waals surface area contributed by atoms with Gasteiger partial charge in [0.2, 0.25) is 5.65 Å². The number of hydrogen-bond donors (Lipinski definition) is 1. The van der Waals surface area contributed by atoms with Crippen LogP contribution in [0.1, 0.15) is 25.7 Å². The second kappa shape index (κ2) is 6.76. The average molecular weight is 317 g/mol. The first-order valence-corrected chi connectivity index (χ1v) is 8.50. The Balaban J connectivity index is 1.44. The van der Waals surface area contributed by atoms with Gasteiger partial charge in [-0.05, 0) is 29.2 Å². The molecule has 0 unspecified atom stereocenters. The van der Waals surface area contributed by atoms with Crippen LogP contribution < -0.4 is 5.32 Å². The predicted molar refractivity (Wildman–Crippen MR) is 85.2 cm³/mol. The normalized spacial score (nSPS) is 26.4. The molecule has 0 radical (unpaired) electrons. The summed E-state index contributed by atoms with van der Waals surface area (Å²) in [6, 6.07) is 0.649. The Labute approximate surface area is 135 Å². The largest absolute Gasteiger partial charge is 0.379 e. The zero-order chi connectivity index (χ0) is 15.5. The molecule has 0 spiro atoms. The lowest BCUT2D eigenvalue weighted by atomic mass is 9.83. The van der Waals surface area contributed by atoms with Crippen molar-refractivity contribution < 1.29 is 4.74 Å². The molecule has 2 aromatic rings. The Bertz CT molecular complexity index is 640. The number of tetrazole rings is 1. The number of ether oxygens (including phenoxy) is 1. The topological polar surface area (TPSA) is 80.5 Å². The van der Waals surface area contributed by atoms with E-state index in [2.05, 4.69) is 30.7 Å². The predicted octanol–water partition coefficient (Wildman–Crippen LogP) is 0.822. The van der Waals surface area contributed by atoms with E-state index in [-0.39, 0.29) is 0 Å². The monoisotopic (exact) mass is 317 g/mol. The lowest BCUT2D eigenvalue weighted by Gasteiger charge is -2.41. The highest BCUT2D eigenvalue weighted by molar-refractivity contribution is 5.60. The molecule has 0 bridgehead atoms. The highest BCUT2D eigenvalue weighted by Crippen LogP contribution is 2.29. The van der Waals surface area contributed by atoms with E-state index in [1.807, 2.05) is 0 Å². The Morgan fingerprint density at radius 3 is 3.00 bits per heavy atom. The van der Waals surface area contributed by atoms with Crippen molar-refractivity contribution in [3.05, 3.63) is 12.4 Å². The number of hydrogen-bond acceptors (Lipinski definition) is 7. The summed E-state index contributed by atoms with van der Waals surface area (Å²) in [7, 11) is 0. The fourth-order valence-corrected chi connectivity index (χ4v) is 3.85. The van der Waals surface area contributed by atoms with Gasteiger partial charge in [0.15, 0.2) is 5.82 Å². The number of rotatable bonds is 4. The smallest absolute Gasteiger partial charge is 0.221 e. The molecule has 2 aliphatic rings. The molecule has 4 rings (SSSR count). The van der Waals surface area contributed by atoms with E-state index in [9.17, 15) is 0 Å². The Morgan fingerprint density at radius 2 is 2.09 bits per heavy atom. The lowest BCUT2D eigenvalue weighted by molar-refractivity contribution is -0.00540. The van der Waals surface area contributed by atoms with Gasteiger partial charge in [0, 0.05) is 31.9 Å². The van der Waals surface area contributed by atoms with Crippen molar-refractivity contribution in [1.82, 2.24) is 29.9 Å². The van der Waals surface area contributed by atoms with Crippen LogP contribution in [0.3, 0.4) is 0 Å². The third-order valence-corrected chi connectivity index (χ3v) is 5.03. The highest BCUT2D eigenvalue weighted by atomic mass is 16.5. The molecule has 8 nitrogen and oxygen atoms in total. The maximum Gasteiger partial charge on any atom is 0.221 e. The van der Waals surface area contributed by atoms with Crippen LogP contribution in [0, 0.1) is 5.92 Å². The maximum atomic E-state index is 5.50. The zero-order valence-electron chi connectivity index (χ0n) is 13.3. The number of nitrogens with one attached hydrogen (secondary N) is 1. The minimum atomic E-state index is 0.639. The second-order valence-electron chi connectivity index (χ2n) is 6.36. The minimum absolute atomic E-state index is 0.639. The third kappa shape index (κ3) is 3.13. The summed E-state index contributed by atoms with van der Waals surface area (Å²) in [5.41, 5.74) is 0.686. The molecule has 1 saturated heterocycles. The minimum Gasteiger partial charge on any atom is -0.379 e. The van der Waals surface area contributed by atoms with E-state index >= 15 is 0 Å². The summed E-state index contributed by atoms with van der Waals surface area (Å²) in [6.07, 6.45) is 8.70. The SMILES string of the molecule is c1cn2nnnc2c(NC[C@@H]2CCCC[C@@H]2N2CCOCC2)n1. The highest BCUT2D eigenvalue weighted by Gasteiger charge is 2.31. The molecular weight excluding hydrogens is 294 g/mol. The van der Waals surface area contributed by atoms with E-state index in [1.165, 1.54) is 25.7 Å². The molecule has 2 atom stereocenters. The molecule has 8 heteroatoms. The van der Waals surface area contributed by atoms with Gasteiger partial charge in [-0.1, -0.05) is 12.8 Å². The number of anilines is 1. The molecule has 2 aromatic heterocycles. The lowest BCUT2D eigenvalue weighted by Crippen LogP contribution is -2.49. The van der Waals surface area contributed by atoms with Crippen LogP contribution >= 0.6 is 0 Å². The van der Waals surface area contributed by atoms with Gasteiger partial charge in [0.25, 0.3) is 0 Å². The van der Waals surface area contributed by atoms with Gasteiger partial charge in [-0.25, -0.2) is 4.98 Å². The average Bonchev–Trinajstić information content (AvgIpc) is 3.10. The zero-order valence-corrected chi connectivity index (χ0v) is 13.3. The van der Waals surface area contributed by atoms with E-state index in [4.69, 9.17) is 4.74 Å².